The number of hydrogen-bond donors (Lipinski definition) is 2. The van der Waals surface area contributed by atoms with Crippen LogP contribution in [0.25, 0.3) is 0 Å². The number of benzene rings is 1. The van der Waals surface area contributed by atoms with Crippen LogP contribution in [0.2, 0.25) is 5.02 Å². The Morgan fingerprint density at radius 2 is 1.78 bits per heavy atom. The first kappa shape index (κ1) is 17.8. The first-order valence-corrected chi connectivity index (χ1v) is 8.70. The van der Waals surface area contributed by atoms with E-state index in [2.05, 4.69) is 10.6 Å². The molecule has 0 aliphatic heterocycles. The third kappa shape index (κ3) is 5.54. The van der Waals surface area contributed by atoms with Gasteiger partial charge in [0.15, 0.2) is 0 Å². The zero-order valence-electron chi connectivity index (χ0n) is 13.8. The normalized spacial score (nSPS) is 16.3. The lowest BCUT2D eigenvalue weighted by Crippen LogP contribution is -2.49. The summed E-state index contributed by atoms with van der Waals surface area (Å²) in [7, 11) is 0. The Hall–Kier alpha value is -1.55. The van der Waals surface area contributed by atoms with Crippen LogP contribution in [0, 0.1) is 5.92 Å². The lowest BCUT2D eigenvalue weighted by molar-refractivity contribution is -0.124. The van der Waals surface area contributed by atoms with E-state index in [9.17, 15) is 9.59 Å². The highest BCUT2D eigenvalue weighted by molar-refractivity contribution is 6.30. The second-order valence-corrected chi connectivity index (χ2v) is 7.09. The van der Waals surface area contributed by atoms with Gasteiger partial charge in [0.1, 0.15) is 6.04 Å². The molecule has 1 atom stereocenters. The van der Waals surface area contributed by atoms with Gasteiger partial charge in [-0.1, -0.05) is 38.3 Å². The lowest BCUT2D eigenvalue weighted by Gasteiger charge is -2.22. The van der Waals surface area contributed by atoms with Gasteiger partial charge in [-0.25, -0.2) is 0 Å². The van der Waals surface area contributed by atoms with E-state index in [0.717, 1.165) is 25.7 Å². The molecule has 23 heavy (non-hydrogen) atoms. The van der Waals surface area contributed by atoms with Crippen LogP contribution >= 0.6 is 11.6 Å². The van der Waals surface area contributed by atoms with Crippen molar-refractivity contribution in [2.75, 3.05) is 0 Å². The lowest BCUT2D eigenvalue weighted by atomic mass is 10.0. The molecule has 0 unspecified atom stereocenters. The Morgan fingerprint density at radius 3 is 2.35 bits per heavy atom. The van der Waals surface area contributed by atoms with Crippen LogP contribution in [-0.2, 0) is 4.79 Å². The Balaban J connectivity index is 2.00. The van der Waals surface area contributed by atoms with Gasteiger partial charge in [-0.15, -0.1) is 0 Å². The fourth-order valence-electron chi connectivity index (χ4n) is 2.92. The third-order valence-corrected chi connectivity index (χ3v) is 4.39. The van der Waals surface area contributed by atoms with E-state index in [1.165, 1.54) is 0 Å². The number of nitrogens with one attached hydrogen (secondary N) is 2. The van der Waals surface area contributed by atoms with Crippen molar-refractivity contribution < 1.29 is 9.59 Å². The number of carbonyl (C=O) groups excluding carboxylic acids is 2. The van der Waals surface area contributed by atoms with E-state index in [-0.39, 0.29) is 17.9 Å². The molecule has 0 saturated heterocycles. The Bertz CT molecular complexity index is 536. The zero-order valence-corrected chi connectivity index (χ0v) is 14.5. The molecule has 126 valence electrons. The minimum Gasteiger partial charge on any atom is -0.352 e. The van der Waals surface area contributed by atoms with Crippen molar-refractivity contribution >= 4 is 23.4 Å². The number of halogens is 1. The van der Waals surface area contributed by atoms with Crippen LogP contribution in [0.1, 0.15) is 56.3 Å². The van der Waals surface area contributed by atoms with Gasteiger partial charge in [-0.2, -0.15) is 0 Å². The average molecular weight is 337 g/mol. The summed E-state index contributed by atoms with van der Waals surface area (Å²) in [6.45, 7) is 4.09. The van der Waals surface area contributed by atoms with E-state index >= 15 is 0 Å². The van der Waals surface area contributed by atoms with Gasteiger partial charge >= 0.3 is 0 Å². The van der Waals surface area contributed by atoms with Gasteiger partial charge in [0.2, 0.25) is 5.91 Å². The number of amides is 2. The van der Waals surface area contributed by atoms with Gasteiger partial charge in [-0.05, 0) is 49.4 Å². The molecule has 2 amide bonds. The molecule has 4 nitrogen and oxygen atoms in total. The van der Waals surface area contributed by atoms with Crippen molar-refractivity contribution in [1.29, 1.82) is 0 Å². The van der Waals surface area contributed by atoms with Crippen molar-refractivity contribution in [3.05, 3.63) is 34.9 Å². The minimum absolute atomic E-state index is 0.0760. The summed E-state index contributed by atoms with van der Waals surface area (Å²) in [5.74, 6) is 0.00153. The highest BCUT2D eigenvalue weighted by atomic mass is 35.5. The molecule has 1 aromatic rings. The summed E-state index contributed by atoms with van der Waals surface area (Å²) in [5.41, 5.74) is 0.511. The van der Waals surface area contributed by atoms with E-state index in [1.54, 1.807) is 24.3 Å². The van der Waals surface area contributed by atoms with Crippen LogP contribution in [0.4, 0.5) is 0 Å². The Labute approximate surface area is 143 Å². The molecule has 1 aliphatic carbocycles. The van der Waals surface area contributed by atoms with E-state index in [0.29, 0.717) is 22.9 Å². The number of rotatable bonds is 6. The monoisotopic (exact) mass is 336 g/mol. The van der Waals surface area contributed by atoms with Gasteiger partial charge in [-0.3, -0.25) is 9.59 Å². The highest BCUT2D eigenvalue weighted by Crippen LogP contribution is 2.18. The van der Waals surface area contributed by atoms with Crippen LogP contribution < -0.4 is 10.6 Å². The maximum Gasteiger partial charge on any atom is 0.251 e. The molecule has 0 bridgehead atoms. The molecule has 1 aromatic carbocycles. The molecule has 2 rings (SSSR count). The summed E-state index contributed by atoms with van der Waals surface area (Å²) in [4.78, 5) is 24.9. The third-order valence-electron chi connectivity index (χ3n) is 4.14. The highest BCUT2D eigenvalue weighted by Gasteiger charge is 2.25. The van der Waals surface area contributed by atoms with Crippen molar-refractivity contribution in [3.8, 4) is 0 Å². The van der Waals surface area contributed by atoms with Gasteiger partial charge in [0, 0.05) is 16.6 Å². The van der Waals surface area contributed by atoms with Crippen LogP contribution in [0.3, 0.4) is 0 Å². The predicted molar refractivity (Wildman–Crippen MR) is 92.6 cm³/mol. The average Bonchev–Trinajstić information content (AvgIpc) is 2.99. The van der Waals surface area contributed by atoms with Crippen molar-refractivity contribution in [1.82, 2.24) is 10.6 Å². The van der Waals surface area contributed by atoms with Gasteiger partial charge in [0.05, 0.1) is 0 Å². The topological polar surface area (TPSA) is 58.2 Å². The van der Waals surface area contributed by atoms with Crippen LogP contribution in [0.5, 0.6) is 0 Å². The van der Waals surface area contributed by atoms with E-state index < -0.39 is 6.04 Å². The summed E-state index contributed by atoms with van der Waals surface area (Å²) in [5, 5.41) is 6.52. The Morgan fingerprint density at radius 1 is 1.17 bits per heavy atom. The second-order valence-electron chi connectivity index (χ2n) is 6.65. The Kier molecular flexibility index (Phi) is 6.46. The fraction of sp³-hybridized carbons (Fsp3) is 0.556. The molecule has 0 aromatic heterocycles. The molecule has 1 fully saturated rings. The standard InChI is InChI=1S/C18H25ClN2O2/c1-12(2)11-16(18(23)20-15-5-3-4-6-15)21-17(22)13-7-9-14(19)10-8-13/h7-10,12,15-16H,3-6,11H2,1-2H3,(H,20,23)(H,21,22)/t16-/m1/s1. The molecule has 2 N–H and O–H groups in total. The van der Waals surface area contributed by atoms with Crippen molar-refractivity contribution in [2.24, 2.45) is 5.92 Å². The van der Waals surface area contributed by atoms with Gasteiger partial charge in [0.25, 0.3) is 5.91 Å². The SMILES string of the molecule is CC(C)C[C@@H](NC(=O)c1ccc(Cl)cc1)C(=O)NC1CCCC1. The molecule has 1 aliphatic rings. The van der Waals surface area contributed by atoms with Crippen LogP contribution in [-0.4, -0.2) is 23.9 Å². The second kappa shape index (κ2) is 8.34. The summed E-state index contributed by atoms with van der Waals surface area (Å²) >= 11 is 5.84. The predicted octanol–water partition coefficient (Wildman–Crippen LogP) is 3.54. The fourth-order valence-corrected chi connectivity index (χ4v) is 3.04. The van der Waals surface area contributed by atoms with Gasteiger partial charge < -0.3 is 10.6 Å². The van der Waals surface area contributed by atoms with Crippen molar-refractivity contribution in [2.45, 2.75) is 58.0 Å². The summed E-state index contributed by atoms with van der Waals surface area (Å²) in [6.07, 6.45) is 5.02. The minimum atomic E-state index is -0.501. The summed E-state index contributed by atoms with van der Waals surface area (Å²) in [6, 6.07) is 6.43. The van der Waals surface area contributed by atoms with E-state index in [4.69, 9.17) is 11.6 Å². The quantitative estimate of drug-likeness (QED) is 0.834. The number of carbonyl (C=O) groups is 2. The smallest absolute Gasteiger partial charge is 0.251 e. The maximum atomic E-state index is 12.5. The van der Waals surface area contributed by atoms with Crippen molar-refractivity contribution in [3.63, 3.8) is 0 Å². The maximum absolute atomic E-state index is 12.5. The largest absolute Gasteiger partial charge is 0.352 e. The molecule has 1 saturated carbocycles. The molecule has 0 heterocycles. The van der Waals surface area contributed by atoms with E-state index in [1.807, 2.05) is 13.8 Å². The first-order valence-electron chi connectivity index (χ1n) is 8.32. The molecule has 0 spiro atoms. The molecule has 0 radical (unpaired) electrons. The molecular weight excluding hydrogens is 312 g/mol. The molecule has 5 heteroatoms. The number of hydrogen-bond acceptors (Lipinski definition) is 2. The molecular formula is C18H25ClN2O2. The summed E-state index contributed by atoms with van der Waals surface area (Å²) < 4.78 is 0. The van der Waals surface area contributed by atoms with Crippen LogP contribution in [0.15, 0.2) is 24.3 Å². The first-order chi connectivity index (χ1) is 11.0. The zero-order chi connectivity index (χ0) is 16.8.